The molecule has 25 heavy (non-hydrogen) atoms. The molecule has 0 aliphatic carbocycles. The second-order valence-corrected chi connectivity index (χ2v) is 5.92. The summed E-state index contributed by atoms with van der Waals surface area (Å²) in [5.74, 6) is 1.59. The zero-order chi connectivity index (χ0) is 17.9. The highest BCUT2D eigenvalue weighted by Gasteiger charge is 2.26. The molecule has 0 spiro atoms. The fraction of sp³-hybridized carbons (Fsp3) is 0.222. The second kappa shape index (κ2) is 6.82. The number of furan rings is 1. The molecule has 2 aromatic heterocycles. The van der Waals surface area contributed by atoms with Crippen LogP contribution >= 0.6 is 0 Å². The maximum absolute atomic E-state index is 12.1. The van der Waals surface area contributed by atoms with Crippen molar-refractivity contribution in [3.05, 3.63) is 60.4 Å². The van der Waals surface area contributed by atoms with Crippen LogP contribution in [0.5, 0.6) is 0 Å². The highest BCUT2D eigenvalue weighted by molar-refractivity contribution is 5.89. The normalized spacial score (nSPS) is 13.2. The first-order valence-electron chi connectivity index (χ1n) is 7.78. The van der Waals surface area contributed by atoms with E-state index < -0.39 is 11.6 Å². The molecule has 3 aromatic rings. The zero-order valence-electron chi connectivity index (χ0n) is 13.9. The Balaban J connectivity index is 1.61. The van der Waals surface area contributed by atoms with E-state index in [1.165, 1.54) is 6.26 Å². The smallest absolute Gasteiger partial charge is 0.319 e. The Morgan fingerprint density at radius 3 is 2.84 bits per heavy atom. The van der Waals surface area contributed by atoms with Crippen molar-refractivity contribution < 1.29 is 18.7 Å². The molecule has 0 aliphatic heterocycles. The van der Waals surface area contributed by atoms with Gasteiger partial charge in [0.1, 0.15) is 17.1 Å². The van der Waals surface area contributed by atoms with Gasteiger partial charge in [0.05, 0.1) is 19.0 Å². The number of oxazole rings is 1. The lowest BCUT2D eigenvalue weighted by Crippen LogP contribution is -2.40. The van der Waals surface area contributed by atoms with Gasteiger partial charge in [0.25, 0.3) is 0 Å². The largest absolute Gasteiger partial charge is 0.466 e. The average Bonchev–Trinajstić information content (AvgIpc) is 3.25. The lowest BCUT2D eigenvalue weighted by molar-refractivity contribution is 0.0372. The Bertz CT molecular complexity index is 853. The highest BCUT2D eigenvalue weighted by atomic mass is 16.4. The quantitative estimate of drug-likeness (QED) is 0.661. The van der Waals surface area contributed by atoms with Crippen LogP contribution in [0.15, 0.2) is 57.7 Å². The molecular weight excluding hydrogens is 322 g/mol. The van der Waals surface area contributed by atoms with Gasteiger partial charge in [0, 0.05) is 11.3 Å². The third-order valence-corrected chi connectivity index (χ3v) is 3.63. The summed E-state index contributed by atoms with van der Waals surface area (Å²) in [7, 11) is 0. The molecule has 0 saturated heterocycles. The molecular formula is C18H19N3O4. The van der Waals surface area contributed by atoms with E-state index >= 15 is 0 Å². The Hall–Kier alpha value is -3.06. The monoisotopic (exact) mass is 341 g/mol. The van der Waals surface area contributed by atoms with Gasteiger partial charge in [0.15, 0.2) is 0 Å². The minimum atomic E-state index is -1.29. The van der Waals surface area contributed by atoms with E-state index in [0.29, 0.717) is 23.1 Å². The van der Waals surface area contributed by atoms with Crippen LogP contribution in [0.25, 0.3) is 11.5 Å². The number of nitrogens with one attached hydrogen (secondary N) is 2. The number of hydrogen-bond acceptors (Lipinski definition) is 5. The number of carbonyl (C=O) groups is 1. The second-order valence-electron chi connectivity index (χ2n) is 5.92. The van der Waals surface area contributed by atoms with Crippen LogP contribution in [0.2, 0.25) is 0 Å². The summed E-state index contributed by atoms with van der Waals surface area (Å²) in [6.45, 7) is 3.39. The molecule has 2 heterocycles. The van der Waals surface area contributed by atoms with Crippen molar-refractivity contribution in [3.8, 4) is 11.5 Å². The standard InChI is InChI=1S/C18H19N3O4/c1-12-10-19-16(25-12)13-5-3-6-14(9-13)21-17(22)20-11-18(2,23)15-7-4-8-24-15/h3-10,23H,11H2,1-2H3,(H2,20,21,22)/t18-/m0/s1. The van der Waals surface area contributed by atoms with Crippen molar-refractivity contribution in [1.29, 1.82) is 0 Å². The molecule has 0 fully saturated rings. The number of anilines is 1. The van der Waals surface area contributed by atoms with Gasteiger partial charge in [-0.3, -0.25) is 0 Å². The Morgan fingerprint density at radius 2 is 2.16 bits per heavy atom. The van der Waals surface area contributed by atoms with Gasteiger partial charge >= 0.3 is 6.03 Å². The molecule has 3 N–H and O–H groups in total. The zero-order valence-corrected chi connectivity index (χ0v) is 13.9. The van der Waals surface area contributed by atoms with Crippen LogP contribution in [-0.2, 0) is 5.60 Å². The summed E-state index contributed by atoms with van der Waals surface area (Å²) < 4.78 is 10.7. The van der Waals surface area contributed by atoms with E-state index in [4.69, 9.17) is 8.83 Å². The molecule has 0 aliphatic rings. The van der Waals surface area contributed by atoms with Crippen LogP contribution in [-0.4, -0.2) is 22.7 Å². The third kappa shape index (κ3) is 4.07. The van der Waals surface area contributed by atoms with Crippen molar-refractivity contribution in [2.24, 2.45) is 0 Å². The van der Waals surface area contributed by atoms with Crippen LogP contribution in [0.3, 0.4) is 0 Å². The molecule has 0 bridgehead atoms. The van der Waals surface area contributed by atoms with Crippen LogP contribution in [0.4, 0.5) is 10.5 Å². The third-order valence-electron chi connectivity index (χ3n) is 3.63. The highest BCUT2D eigenvalue weighted by Crippen LogP contribution is 2.22. The number of urea groups is 1. The van der Waals surface area contributed by atoms with Crippen molar-refractivity contribution in [2.45, 2.75) is 19.4 Å². The van der Waals surface area contributed by atoms with Gasteiger partial charge in [-0.1, -0.05) is 6.07 Å². The predicted molar refractivity (Wildman–Crippen MR) is 92.0 cm³/mol. The van der Waals surface area contributed by atoms with Crippen molar-refractivity contribution in [3.63, 3.8) is 0 Å². The molecule has 0 radical (unpaired) electrons. The van der Waals surface area contributed by atoms with Crippen molar-refractivity contribution >= 4 is 11.7 Å². The summed E-state index contributed by atoms with van der Waals surface area (Å²) in [5.41, 5.74) is 0.0511. The number of carbonyl (C=O) groups excluding carboxylic acids is 1. The van der Waals surface area contributed by atoms with Crippen molar-refractivity contribution in [1.82, 2.24) is 10.3 Å². The van der Waals surface area contributed by atoms with Crippen LogP contribution in [0.1, 0.15) is 18.4 Å². The number of benzene rings is 1. The Kier molecular flexibility index (Phi) is 4.58. The summed E-state index contributed by atoms with van der Waals surface area (Å²) in [4.78, 5) is 16.2. The lowest BCUT2D eigenvalue weighted by atomic mass is 10.0. The number of hydrogen-bond donors (Lipinski definition) is 3. The van der Waals surface area contributed by atoms with Crippen molar-refractivity contribution in [2.75, 3.05) is 11.9 Å². The Morgan fingerprint density at radius 1 is 1.32 bits per heavy atom. The predicted octanol–water partition coefficient (Wildman–Crippen LogP) is 3.27. The molecule has 1 atom stereocenters. The van der Waals surface area contributed by atoms with Gasteiger partial charge in [-0.2, -0.15) is 0 Å². The molecule has 7 heteroatoms. The number of rotatable bonds is 5. The number of aromatic nitrogens is 1. The summed E-state index contributed by atoms with van der Waals surface area (Å²) in [6, 6.07) is 10.0. The molecule has 0 unspecified atom stereocenters. The number of nitrogens with zero attached hydrogens (tertiary/aromatic N) is 1. The van der Waals surface area contributed by atoms with E-state index in [1.807, 2.05) is 13.0 Å². The van der Waals surface area contributed by atoms with Gasteiger partial charge < -0.3 is 24.6 Å². The number of aliphatic hydroxyl groups is 1. The van der Waals surface area contributed by atoms with E-state index in [2.05, 4.69) is 15.6 Å². The molecule has 130 valence electrons. The Labute approximate surface area is 144 Å². The number of aryl methyl sites for hydroxylation is 1. The first kappa shape index (κ1) is 16.8. The minimum absolute atomic E-state index is 0.00493. The first-order valence-corrected chi connectivity index (χ1v) is 7.78. The fourth-order valence-corrected chi connectivity index (χ4v) is 2.32. The summed E-state index contributed by atoms with van der Waals surface area (Å²) in [6.07, 6.45) is 3.11. The van der Waals surface area contributed by atoms with E-state index in [0.717, 1.165) is 5.56 Å². The molecule has 3 rings (SSSR count). The molecule has 1 aromatic carbocycles. The first-order chi connectivity index (χ1) is 11.9. The van der Waals surface area contributed by atoms with E-state index in [9.17, 15) is 9.90 Å². The number of amides is 2. The molecule has 0 saturated carbocycles. The van der Waals surface area contributed by atoms with E-state index in [1.54, 1.807) is 43.5 Å². The summed E-state index contributed by atoms with van der Waals surface area (Å²) >= 11 is 0. The van der Waals surface area contributed by atoms with Gasteiger partial charge in [0.2, 0.25) is 5.89 Å². The van der Waals surface area contributed by atoms with Gasteiger partial charge in [-0.05, 0) is 44.2 Å². The van der Waals surface area contributed by atoms with E-state index in [-0.39, 0.29) is 6.54 Å². The minimum Gasteiger partial charge on any atom is -0.466 e. The van der Waals surface area contributed by atoms with Crippen LogP contribution in [0, 0.1) is 6.92 Å². The topological polar surface area (TPSA) is 101 Å². The average molecular weight is 341 g/mol. The maximum Gasteiger partial charge on any atom is 0.319 e. The SMILES string of the molecule is Cc1cnc(-c2cccc(NC(=O)NC[C@](C)(O)c3ccco3)c2)o1. The van der Waals surface area contributed by atoms with Gasteiger partial charge in [-0.25, -0.2) is 9.78 Å². The van der Waals surface area contributed by atoms with Gasteiger partial charge in [-0.15, -0.1) is 0 Å². The fourth-order valence-electron chi connectivity index (χ4n) is 2.32. The maximum atomic E-state index is 12.1. The lowest BCUT2D eigenvalue weighted by Gasteiger charge is -2.21. The summed E-state index contributed by atoms with van der Waals surface area (Å²) in [5, 5.41) is 15.7. The molecule has 2 amide bonds. The molecule has 7 nitrogen and oxygen atoms in total. The van der Waals surface area contributed by atoms with Crippen LogP contribution < -0.4 is 10.6 Å².